The first-order chi connectivity index (χ1) is 7.58. The number of amides is 1. The Morgan fingerprint density at radius 2 is 2.19 bits per heavy atom. The van der Waals surface area contributed by atoms with Crippen molar-refractivity contribution in [3.8, 4) is 5.75 Å². The molecule has 0 aliphatic carbocycles. The van der Waals surface area contributed by atoms with Gasteiger partial charge >= 0.3 is 6.61 Å². The van der Waals surface area contributed by atoms with Gasteiger partial charge in [0.2, 0.25) is 0 Å². The molecule has 1 aromatic heterocycles. The Labute approximate surface area is 89.0 Å². The molecule has 16 heavy (non-hydrogen) atoms. The molecular formula is C10H8F2N2O2. The number of hydrogen-bond acceptors (Lipinski definition) is 2. The van der Waals surface area contributed by atoms with Crippen molar-refractivity contribution in [1.29, 1.82) is 0 Å². The highest BCUT2D eigenvalue weighted by atomic mass is 19.3. The number of rotatable bonds is 3. The maximum Gasteiger partial charge on any atom is 0.387 e. The Balaban J connectivity index is 2.45. The SMILES string of the molecule is NC(=O)c1c[nH]c2cc(OC(F)F)ccc12. The summed E-state index contributed by atoms with van der Waals surface area (Å²) >= 11 is 0. The van der Waals surface area contributed by atoms with Crippen LogP contribution in [0.2, 0.25) is 0 Å². The van der Waals surface area contributed by atoms with Crippen LogP contribution in [0.15, 0.2) is 24.4 Å². The summed E-state index contributed by atoms with van der Waals surface area (Å²) in [6, 6.07) is 4.24. The van der Waals surface area contributed by atoms with Gasteiger partial charge in [0.25, 0.3) is 5.91 Å². The van der Waals surface area contributed by atoms with Crippen molar-refractivity contribution >= 4 is 16.8 Å². The highest BCUT2D eigenvalue weighted by Crippen LogP contribution is 2.24. The maximum absolute atomic E-state index is 11.9. The summed E-state index contributed by atoms with van der Waals surface area (Å²) in [5, 5.41) is 0.578. The number of ether oxygens (including phenoxy) is 1. The van der Waals surface area contributed by atoms with E-state index in [0.29, 0.717) is 16.5 Å². The molecule has 0 atom stereocenters. The lowest BCUT2D eigenvalue weighted by molar-refractivity contribution is -0.0497. The summed E-state index contributed by atoms with van der Waals surface area (Å²) in [5.41, 5.74) is 5.97. The quantitative estimate of drug-likeness (QED) is 0.838. The van der Waals surface area contributed by atoms with Crippen LogP contribution in [-0.4, -0.2) is 17.5 Å². The van der Waals surface area contributed by atoms with E-state index >= 15 is 0 Å². The van der Waals surface area contributed by atoms with Gasteiger partial charge < -0.3 is 15.5 Å². The fourth-order valence-corrected chi connectivity index (χ4v) is 1.49. The number of aromatic nitrogens is 1. The van der Waals surface area contributed by atoms with Gasteiger partial charge in [0.15, 0.2) is 0 Å². The molecule has 4 nitrogen and oxygen atoms in total. The molecular weight excluding hydrogens is 218 g/mol. The van der Waals surface area contributed by atoms with E-state index in [9.17, 15) is 13.6 Å². The topological polar surface area (TPSA) is 68.1 Å². The van der Waals surface area contributed by atoms with Crippen LogP contribution in [0.4, 0.5) is 8.78 Å². The van der Waals surface area contributed by atoms with Crippen molar-refractivity contribution in [2.24, 2.45) is 5.73 Å². The third-order valence-electron chi connectivity index (χ3n) is 2.14. The van der Waals surface area contributed by atoms with Crippen LogP contribution in [-0.2, 0) is 0 Å². The van der Waals surface area contributed by atoms with E-state index in [1.165, 1.54) is 24.4 Å². The Morgan fingerprint density at radius 1 is 1.44 bits per heavy atom. The van der Waals surface area contributed by atoms with E-state index in [4.69, 9.17) is 5.73 Å². The summed E-state index contributed by atoms with van der Waals surface area (Å²) < 4.78 is 28.1. The van der Waals surface area contributed by atoms with Crippen LogP contribution in [0.5, 0.6) is 5.75 Å². The van der Waals surface area contributed by atoms with Crippen molar-refractivity contribution in [2.45, 2.75) is 6.61 Å². The third-order valence-corrected chi connectivity index (χ3v) is 2.14. The number of primary amides is 1. The van der Waals surface area contributed by atoms with E-state index in [0.717, 1.165) is 0 Å². The average molecular weight is 226 g/mol. The first kappa shape index (κ1) is 10.4. The Morgan fingerprint density at radius 3 is 2.81 bits per heavy atom. The summed E-state index contributed by atoms with van der Waals surface area (Å²) in [6.45, 7) is -2.87. The van der Waals surface area contributed by atoms with Gasteiger partial charge in [0.1, 0.15) is 5.75 Å². The Bertz CT molecular complexity index is 537. The van der Waals surface area contributed by atoms with Gasteiger partial charge in [0, 0.05) is 23.2 Å². The second kappa shape index (κ2) is 3.80. The van der Waals surface area contributed by atoms with Gasteiger partial charge in [-0.15, -0.1) is 0 Å². The first-order valence-corrected chi connectivity index (χ1v) is 4.43. The minimum atomic E-state index is -2.87. The number of hydrogen-bond donors (Lipinski definition) is 2. The lowest BCUT2D eigenvalue weighted by Gasteiger charge is -2.03. The molecule has 1 heterocycles. The van der Waals surface area contributed by atoms with Crippen molar-refractivity contribution in [2.75, 3.05) is 0 Å². The van der Waals surface area contributed by atoms with Crippen LogP contribution in [0, 0.1) is 0 Å². The molecule has 1 amide bonds. The van der Waals surface area contributed by atoms with Gasteiger partial charge in [-0.25, -0.2) is 0 Å². The molecule has 0 saturated carbocycles. The molecule has 84 valence electrons. The molecule has 0 bridgehead atoms. The van der Waals surface area contributed by atoms with Gasteiger partial charge in [-0.05, 0) is 12.1 Å². The molecule has 3 N–H and O–H groups in total. The number of H-pyrrole nitrogens is 1. The zero-order valence-electron chi connectivity index (χ0n) is 8.04. The Kier molecular flexibility index (Phi) is 2.47. The average Bonchev–Trinajstić information content (AvgIpc) is 2.59. The molecule has 0 unspecified atom stereocenters. The molecule has 0 radical (unpaired) electrons. The fourth-order valence-electron chi connectivity index (χ4n) is 1.49. The first-order valence-electron chi connectivity index (χ1n) is 4.43. The monoisotopic (exact) mass is 226 g/mol. The number of carbonyl (C=O) groups is 1. The van der Waals surface area contributed by atoms with E-state index in [1.807, 2.05) is 0 Å². The predicted molar refractivity (Wildman–Crippen MR) is 53.4 cm³/mol. The Hall–Kier alpha value is -2.11. The van der Waals surface area contributed by atoms with Gasteiger partial charge in [0.05, 0.1) is 5.56 Å². The van der Waals surface area contributed by atoms with E-state index in [2.05, 4.69) is 9.72 Å². The number of nitrogens with one attached hydrogen (secondary N) is 1. The summed E-state index contributed by atoms with van der Waals surface area (Å²) in [5.74, 6) is -0.547. The lowest BCUT2D eigenvalue weighted by Crippen LogP contribution is -2.09. The highest BCUT2D eigenvalue weighted by Gasteiger charge is 2.10. The van der Waals surface area contributed by atoms with Crippen molar-refractivity contribution in [3.05, 3.63) is 30.0 Å². The smallest absolute Gasteiger partial charge is 0.387 e. The third kappa shape index (κ3) is 1.81. The summed E-state index contributed by atoms with van der Waals surface area (Å²) in [6.07, 6.45) is 1.43. The van der Waals surface area contributed by atoms with E-state index in [1.54, 1.807) is 0 Å². The minimum Gasteiger partial charge on any atom is -0.435 e. The van der Waals surface area contributed by atoms with Gasteiger partial charge in [-0.2, -0.15) is 8.78 Å². The van der Waals surface area contributed by atoms with Crippen LogP contribution in [0.1, 0.15) is 10.4 Å². The second-order valence-corrected chi connectivity index (χ2v) is 3.15. The lowest BCUT2D eigenvalue weighted by atomic mass is 10.1. The molecule has 1 aromatic carbocycles. The van der Waals surface area contributed by atoms with E-state index in [-0.39, 0.29) is 5.75 Å². The molecule has 0 aliphatic rings. The standard InChI is InChI=1S/C10H8F2N2O2/c11-10(12)16-5-1-2-6-7(9(13)15)4-14-8(6)3-5/h1-4,10,14H,(H2,13,15). The summed E-state index contributed by atoms with van der Waals surface area (Å²) in [4.78, 5) is 13.7. The van der Waals surface area contributed by atoms with E-state index < -0.39 is 12.5 Å². The highest BCUT2D eigenvalue weighted by molar-refractivity contribution is 6.06. The largest absolute Gasteiger partial charge is 0.435 e. The van der Waals surface area contributed by atoms with Crippen molar-refractivity contribution < 1.29 is 18.3 Å². The van der Waals surface area contributed by atoms with Crippen molar-refractivity contribution in [3.63, 3.8) is 0 Å². The molecule has 2 aromatic rings. The van der Waals surface area contributed by atoms with Crippen LogP contribution < -0.4 is 10.5 Å². The molecule has 0 spiro atoms. The van der Waals surface area contributed by atoms with Crippen LogP contribution in [0.25, 0.3) is 10.9 Å². The number of alkyl halides is 2. The number of aromatic amines is 1. The second-order valence-electron chi connectivity index (χ2n) is 3.15. The number of carbonyl (C=O) groups excluding carboxylic acids is 1. The normalized spacial score (nSPS) is 10.9. The number of benzene rings is 1. The number of halogens is 2. The zero-order chi connectivity index (χ0) is 11.7. The minimum absolute atomic E-state index is 0.0281. The maximum atomic E-state index is 11.9. The molecule has 6 heteroatoms. The van der Waals surface area contributed by atoms with Gasteiger partial charge in [-0.3, -0.25) is 4.79 Å². The van der Waals surface area contributed by atoms with Gasteiger partial charge in [-0.1, -0.05) is 0 Å². The zero-order valence-corrected chi connectivity index (χ0v) is 8.04. The molecule has 0 aliphatic heterocycles. The fraction of sp³-hybridized carbons (Fsp3) is 0.100. The molecule has 0 fully saturated rings. The number of nitrogens with two attached hydrogens (primary N) is 1. The molecule has 0 saturated heterocycles. The van der Waals surface area contributed by atoms with Crippen LogP contribution in [0.3, 0.4) is 0 Å². The molecule has 2 rings (SSSR count). The number of fused-ring (bicyclic) bond motifs is 1. The van der Waals surface area contributed by atoms with Crippen LogP contribution >= 0.6 is 0 Å². The predicted octanol–water partition coefficient (Wildman–Crippen LogP) is 1.87. The summed E-state index contributed by atoms with van der Waals surface area (Å²) in [7, 11) is 0. The van der Waals surface area contributed by atoms with Crippen molar-refractivity contribution in [1.82, 2.24) is 4.98 Å².